The molecule has 1 aromatic heterocycles. The van der Waals surface area contributed by atoms with Crippen LogP contribution >= 0.6 is 11.6 Å². The minimum Gasteiger partial charge on any atom is -0.306 e. The zero-order valence-corrected chi connectivity index (χ0v) is 7.42. The molecule has 13 heavy (non-hydrogen) atoms. The predicted octanol–water partition coefficient (Wildman–Crippen LogP) is 1.57. The summed E-state index contributed by atoms with van der Waals surface area (Å²) in [6.07, 6.45) is 0. The van der Waals surface area contributed by atoms with Gasteiger partial charge in [-0.15, -0.1) is 0 Å². The molecule has 0 fully saturated rings. The molecule has 1 aromatic carbocycles. The number of nitrogens with one attached hydrogen (secondary N) is 1. The van der Waals surface area contributed by atoms with Gasteiger partial charge in [0, 0.05) is 0 Å². The zero-order chi connectivity index (χ0) is 9.26. The van der Waals surface area contributed by atoms with Crippen molar-refractivity contribution in [2.75, 3.05) is 5.43 Å². The van der Waals surface area contributed by atoms with Gasteiger partial charge in [0.1, 0.15) is 0 Å². The molecule has 2 rings (SSSR count). The van der Waals surface area contributed by atoms with Crippen molar-refractivity contribution in [1.82, 2.24) is 9.97 Å². The number of halogens is 1. The van der Waals surface area contributed by atoms with Gasteiger partial charge >= 0.3 is 0 Å². The van der Waals surface area contributed by atoms with Gasteiger partial charge in [-0.25, -0.2) is 15.8 Å². The number of para-hydroxylation sites is 2. The van der Waals surface area contributed by atoms with E-state index in [9.17, 15) is 0 Å². The number of nitrogens with zero attached hydrogens (tertiary/aromatic N) is 2. The molecule has 0 bridgehead atoms. The lowest BCUT2D eigenvalue weighted by Crippen LogP contribution is -2.09. The van der Waals surface area contributed by atoms with Gasteiger partial charge in [-0.2, -0.15) is 0 Å². The molecule has 5 heteroatoms. The van der Waals surface area contributed by atoms with Crippen molar-refractivity contribution in [3.63, 3.8) is 0 Å². The van der Waals surface area contributed by atoms with Crippen molar-refractivity contribution in [3.8, 4) is 0 Å². The van der Waals surface area contributed by atoms with E-state index >= 15 is 0 Å². The summed E-state index contributed by atoms with van der Waals surface area (Å²) < 4.78 is 0. The number of hydrogen-bond donors (Lipinski definition) is 2. The molecule has 4 nitrogen and oxygen atoms in total. The molecule has 66 valence electrons. The molecule has 1 heterocycles. The maximum Gasteiger partial charge on any atom is 0.178 e. The molecule has 2 aromatic rings. The second-order valence-corrected chi connectivity index (χ2v) is 2.85. The highest BCUT2D eigenvalue weighted by atomic mass is 35.5. The summed E-state index contributed by atoms with van der Waals surface area (Å²) >= 11 is 5.79. The van der Waals surface area contributed by atoms with E-state index in [2.05, 4.69) is 15.4 Å². The summed E-state index contributed by atoms with van der Waals surface area (Å²) in [6.45, 7) is 0. The largest absolute Gasteiger partial charge is 0.306 e. The van der Waals surface area contributed by atoms with Gasteiger partial charge in [-0.1, -0.05) is 23.7 Å². The zero-order valence-electron chi connectivity index (χ0n) is 6.66. The fraction of sp³-hybridized carbons (Fsp3) is 0. The van der Waals surface area contributed by atoms with Crippen LogP contribution in [0.15, 0.2) is 24.3 Å². The third-order valence-electron chi connectivity index (χ3n) is 1.66. The lowest BCUT2D eigenvalue weighted by Gasteiger charge is -2.02. The van der Waals surface area contributed by atoms with E-state index in [-0.39, 0.29) is 5.15 Å². The van der Waals surface area contributed by atoms with E-state index in [4.69, 9.17) is 17.4 Å². The Labute approximate surface area is 79.7 Å². The summed E-state index contributed by atoms with van der Waals surface area (Å²) in [7, 11) is 0. The fourth-order valence-corrected chi connectivity index (χ4v) is 1.26. The molecule has 0 amide bonds. The maximum absolute atomic E-state index is 5.79. The number of hydrogen-bond acceptors (Lipinski definition) is 4. The molecule has 0 saturated carbocycles. The number of nitrogen functional groups attached to an aromatic ring is 1. The van der Waals surface area contributed by atoms with Gasteiger partial charge in [0.05, 0.1) is 11.0 Å². The number of fused-ring (bicyclic) bond motifs is 1. The topological polar surface area (TPSA) is 63.8 Å². The summed E-state index contributed by atoms with van der Waals surface area (Å²) in [6, 6.07) is 7.45. The first kappa shape index (κ1) is 8.22. The van der Waals surface area contributed by atoms with Gasteiger partial charge in [0.2, 0.25) is 0 Å². The standard InChI is InChI=1S/C8H7ClN4/c9-7-8(13-10)12-6-4-2-1-3-5(6)11-7/h1-4H,10H2,(H,12,13). The third kappa shape index (κ3) is 1.41. The van der Waals surface area contributed by atoms with Crippen LogP contribution in [0.2, 0.25) is 5.15 Å². The van der Waals surface area contributed by atoms with Crippen LogP contribution in [0.4, 0.5) is 5.82 Å². The summed E-state index contributed by atoms with van der Waals surface area (Å²) in [5.41, 5.74) is 3.90. The molecule has 0 aliphatic heterocycles. The molecular formula is C8H7ClN4. The Hall–Kier alpha value is -1.39. The SMILES string of the molecule is NNc1nc2ccccc2nc1Cl. The second kappa shape index (κ2) is 3.16. The Morgan fingerprint density at radius 3 is 2.38 bits per heavy atom. The van der Waals surface area contributed by atoms with E-state index in [1.165, 1.54) is 0 Å². The minimum atomic E-state index is 0.279. The Bertz CT molecular complexity index is 443. The molecule has 0 unspecified atom stereocenters. The van der Waals surface area contributed by atoms with Crippen molar-refractivity contribution in [1.29, 1.82) is 0 Å². The molecule has 0 saturated heterocycles. The first-order valence-electron chi connectivity index (χ1n) is 3.70. The number of hydrazine groups is 1. The van der Waals surface area contributed by atoms with Crippen LogP contribution in [-0.2, 0) is 0 Å². The Kier molecular flexibility index (Phi) is 2.00. The van der Waals surface area contributed by atoms with E-state index in [1.807, 2.05) is 24.3 Å². The van der Waals surface area contributed by atoms with E-state index in [0.717, 1.165) is 11.0 Å². The molecule has 0 aliphatic rings. The summed E-state index contributed by atoms with van der Waals surface area (Å²) in [5, 5.41) is 0.279. The van der Waals surface area contributed by atoms with Crippen LogP contribution in [0.1, 0.15) is 0 Å². The molecule has 0 aliphatic carbocycles. The highest BCUT2D eigenvalue weighted by Gasteiger charge is 2.03. The van der Waals surface area contributed by atoms with Crippen molar-refractivity contribution < 1.29 is 0 Å². The van der Waals surface area contributed by atoms with Gasteiger partial charge in [-0.3, -0.25) is 0 Å². The van der Waals surface area contributed by atoms with Gasteiger partial charge in [0.25, 0.3) is 0 Å². The number of aromatic nitrogens is 2. The molecule has 0 spiro atoms. The predicted molar refractivity (Wildman–Crippen MR) is 52.4 cm³/mol. The summed E-state index contributed by atoms with van der Waals surface area (Å²) in [5.74, 6) is 5.59. The highest BCUT2D eigenvalue weighted by Crippen LogP contribution is 2.19. The van der Waals surface area contributed by atoms with Crippen LogP contribution in [0.25, 0.3) is 11.0 Å². The fourth-order valence-electron chi connectivity index (χ4n) is 1.07. The van der Waals surface area contributed by atoms with Crippen LogP contribution in [0.5, 0.6) is 0 Å². The number of benzene rings is 1. The van der Waals surface area contributed by atoms with Crippen molar-refractivity contribution in [3.05, 3.63) is 29.4 Å². The molecular weight excluding hydrogens is 188 g/mol. The second-order valence-electron chi connectivity index (χ2n) is 2.50. The molecule has 0 atom stereocenters. The van der Waals surface area contributed by atoms with Gasteiger partial charge in [0.15, 0.2) is 11.0 Å². The monoisotopic (exact) mass is 194 g/mol. The molecule has 0 radical (unpaired) electrons. The average Bonchev–Trinajstić information content (AvgIpc) is 2.17. The normalized spacial score (nSPS) is 10.3. The number of anilines is 1. The lowest BCUT2D eigenvalue weighted by atomic mass is 10.3. The Balaban J connectivity index is 2.74. The van der Waals surface area contributed by atoms with E-state index in [1.54, 1.807) is 0 Å². The van der Waals surface area contributed by atoms with Crippen molar-refractivity contribution in [2.45, 2.75) is 0 Å². The minimum absolute atomic E-state index is 0.279. The quantitative estimate of drug-likeness (QED) is 0.534. The smallest absolute Gasteiger partial charge is 0.178 e. The van der Waals surface area contributed by atoms with Crippen LogP contribution in [0, 0.1) is 0 Å². The maximum atomic E-state index is 5.79. The lowest BCUT2D eigenvalue weighted by molar-refractivity contribution is 1.22. The van der Waals surface area contributed by atoms with Crippen LogP contribution in [0.3, 0.4) is 0 Å². The first-order valence-corrected chi connectivity index (χ1v) is 4.08. The van der Waals surface area contributed by atoms with Crippen molar-refractivity contribution >= 4 is 28.5 Å². The van der Waals surface area contributed by atoms with Crippen molar-refractivity contribution in [2.24, 2.45) is 5.84 Å². The molecule has 3 N–H and O–H groups in total. The number of nitrogens with two attached hydrogens (primary N) is 1. The first-order chi connectivity index (χ1) is 6.31. The van der Waals surface area contributed by atoms with Crippen LogP contribution in [-0.4, -0.2) is 9.97 Å². The Morgan fingerprint density at radius 1 is 1.15 bits per heavy atom. The average molecular weight is 195 g/mol. The van der Waals surface area contributed by atoms with E-state index < -0.39 is 0 Å². The van der Waals surface area contributed by atoms with Gasteiger partial charge < -0.3 is 5.43 Å². The third-order valence-corrected chi connectivity index (χ3v) is 1.93. The number of rotatable bonds is 1. The summed E-state index contributed by atoms with van der Waals surface area (Å²) in [4.78, 5) is 8.27. The highest BCUT2D eigenvalue weighted by molar-refractivity contribution is 6.32. The van der Waals surface area contributed by atoms with Gasteiger partial charge in [-0.05, 0) is 12.1 Å². The Morgan fingerprint density at radius 2 is 1.77 bits per heavy atom. The van der Waals surface area contributed by atoms with Crippen LogP contribution < -0.4 is 11.3 Å². The van der Waals surface area contributed by atoms with E-state index in [0.29, 0.717) is 5.82 Å².